The maximum Gasteiger partial charge on any atom is 0.217 e. The van der Waals surface area contributed by atoms with Gasteiger partial charge >= 0.3 is 0 Å². The molecule has 2 heterocycles. The van der Waals surface area contributed by atoms with Crippen molar-refractivity contribution in [3.63, 3.8) is 0 Å². The van der Waals surface area contributed by atoms with Crippen LogP contribution in [0.25, 0.3) is 0 Å². The summed E-state index contributed by atoms with van der Waals surface area (Å²) in [6.07, 6.45) is 3.33. The fourth-order valence-corrected chi connectivity index (χ4v) is 7.17. The summed E-state index contributed by atoms with van der Waals surface area (Å²) in [6, 6.07) is 0.0160. The summed E-state index contributed by atoms with van der Waals surface area (Å²) in [4.78, 5) is 0. The van der Waals surface area contributed by atoms with E-state index in [1.165, 1.54) is 0 Å². The van der Waals surface area contributed by atoms with Crippen LogP contribution in [0.1, 0.15) is 39.0 Å². The SMILES string of the molecule is CCNCC1CCCCN1S(=O)(=O)C1CCS(=O)(=O)CC1. The Labute approximate surface area is 128 Å². The fourth-order valence-electron chi connectivity index (χ4n) is 3.18. The van der Waals surface area contributed by atoms with Gasteiger partial charge in [0.1, 0.15) is 9.84 Å². The number of nitrogens with zero attached hydrogens (tertiary/aromatic N) is 1. The van der Waals surface area contributed by atoms with Crippen molar-refractivity contribution in [2.75, 3.05) is 31.1 Å². The minimum absolute atomic E-state index is 0.00259. The lowest BCUT2D eigenvalue weighted by atomic mass is 10.1. The highest BCUT2D eigenvalue weighted by molar-refractivity contribution is 7.92. The monoisotopic (exact) mass is 338 g/mol. The van der Waals surface area contributed by atoms with E-state index in [1.807, 2.05) is 6.92 Å². The third-order valence-electron chi connectivity index (χ3n) is 4.45. The van der Waals surface area contributed by atoms with Gasteiger partial charge in [-0.05, 0) is 32.2 Å². The maximum absolute atomic E-state index is 12.8. The molecule has 0 aromatic heterocycles. The van der Waals surface area contributed by atoms with Gasteiger partial charge < -0.3 is 5.32 Å². The molecule has 1 unspecified atom stereocenters. The molecule has 2 aliphatic heterocycles. The molecule has 0 aromatic carbocycles. The zero-order chi connectivity index (χ0) is 15.5. The zero-order valence-electron chi connectivity index (χ0n) is 12.6. The zero-order valence-corrected chi connectivity index (χ0v) is 14.3. The minimum atomic E-state index is -3.39. The smallest absolute Gasteiger partial charge is 0.217 e. The average molecular weight is 338 g/mol. The van der Waals surface area contributed by atoms with Gasteiger partial charge in [-0.3, -0.25) is 0 Å². The number of hydrogen-bond acceptors (Lipinski definition) is 5. The van der Waals surface area contributed by atoms with Crippen LogP contribution in [0, 0.1) is 0 Å². The van der Waals surface area contributed by atoms with Crippen molar-refractivity contribution >= 4 is 19.9 Å². The van der Waals surface area contributed by atoms with Crippen molar-refractivity contribution in [3.8, 4) is 0 Å². The molecule has 2 saturated heterocycles. The summed E-state index contributed by atoms with van der Waals surface area (Å²) in [7, 11) is -6.42. The molecule has 0 amide bonds. The van der Waals surface area contributed by atoms with Crippen LogP contribution in [0.4, 0.5) is 0 Å². The summed E-state index contributed by atoms with van der Waals surface area (Å²) < 4.78 is 50.3. The molecule has 0 radical (unpaired) electrons. The van der Waals surface area contributed by atoms with E-state index < -0.39 is 25.1 Å². The first-order valence-corrected chi connectivity index (χ1v) is 11.1. The third kappa shape index (κ3) is 4.18. The summed E-state index contributed by atoms with van der Waals surface area (Å²) in [6.45, 7) is 4.09. The van der Waals surface area contributed by atoms with E-state index in [0.29, 0.717) is 13.1 Å². The first kappa shape index (κ1) is 17.2. The summed E-state index contributed by atoms with van der Waals surface area (Å²) in [5.74, 6) is 0.00519. The molecule has 2 aliphatic rings. The average Bonchev–Trinajstić information content (AvgIpc) is 2.45. The summed E-state index contributed by atoms with van der Waals surface area (Å²) in [5, 5.41) is 2.71. The number of sulfonamides is 1. The molecule has 0 saturated carbocycles. The van der Waals surface area contributed by atoms with Gasteiger partial charge in [0.05, 0.1) is 16.8 Å². The number of piperidine rings is 1. The fraction of sp³-hybridized carbons (Fsp3) is 1.00. The molecule has 6 nitrogen and oxygen atoms in total. The van der Waals surface area contributed by atoms with E-state index in [2.05, 4.69) is 5.32 Å². The standard InChI is InChI=1S/C13H26N2O4S2/c1-2-14-11-12-5-3-4-8-15(12)21(18,19)13-6-9-20(16,17)10-7-13/h12-14H,2-11H2,1H3. The highest BCUT2D eigenvalue weighted by Gasteiger charge is 2.40. The number of hydrogen-bond donors (Lipinski definition) is 1. The van der Waals surface area contributed by atoms with Gasteiger partial charge in [0, 0.05) is 19.1 Å². The van der Waals surface area contributed by atoms with E-state index >= 15 is 0 Å². The van der Waals surface area contributed by atoms with Gasteiger partial charge in [0.25, 0.3) is 0 Å². The van der Waals surface area contributed by atoms with Crippen molar-refractivity contribution in [1.29, 1.82) is 0 Å². The van der Waals surface area contributed by atoms with Crippen molar-refractivity contribution in [3.05, 3.63) is 0 Å². The Morgan fingerprint density at radius 2 is 1.81 bits per heavy atom. The molecular weight excluding hydrogens is 312 g/mol. The Bertz CT molecular complexity index is 531. The van der Waals surface area contributed by atoms with E-state index in [-0.39, 0.29) is 30.4 Å². The summed E-state index contributed by atoms with van der Waals surface area (Å²) >= 11 is 0. The Balaban J connectivity index is 2.09. The number of rotatable bonds is 5. The molecule has 8 heteroatoms. The Hall–Kier alpha value is -0.180. The van der Waals surface area contributed by atoms with Crippen LogP contribution >= 0.6 is 0 Å². The number of sulfone groups is 1. The second kappa shape index (κ2) is 6.93. The van der Waals surface area contributed by atoms with E-state index in [1.54, 1.807) is 4.31 Å². The second-order valence-electron chi connectivity index (χ2n) is 5.96. The van der Waals surface area contributed by atoms with Crippen LogP contribution in [0.2, 0.25) is 0 Å². The normalized spacial score (nSPS) is 28.5. The molecule has 0 aromatic rings. The van der Waals surface area contributed by atoms with Crippen LogP contribution in [-0.2, 0) is 19.9 Å². The van der Waals surface area contributed by atoms with Crippen molar-refractivity contribution < 1.29 is 16.8 Å². The van der Waals surface area contributed by atoms with E-state index in [9.17, 15) is 16.8 Å². The van der Waals surface area contributed by atoms with Crippen molar-refractivity contribution in [2.24, 2.45) is 0 Å². The van der Waals surface area contributed by atoms with Gasteiger partial charge in [-0.15, -0.1) is 0 Å². The molecular formula is C13H26N2O4S2. The molecule has 0 bridgehead atoms. The van der Waals surface area contributed by atoms with Crippen LogP contribution in [0.5, 0.6) is 0 Å². The molecule has 21 heavy (non-hydrogen) atoms. The van der Waals surface area contributed by atoms with E-state index in [0.717, 1.165) is 25.8 Å². The number of likely N-dealkylation sites (N-methyl/N-ethyl adjacent to an activating group) is 1. The lowest BCUT2D eigenvalue weighted by Gasteiger charge is -2.38. The first-order chi connectivity index (χ1) is 9.87. The molecule has 2 rings (SSSR count). The highest BCUT2D eigenvalue weighted by Crippen LogP contribution is 2.27. The predicted molar refractivity (Wildman–Crippen MR) is 83.5 cm³/mol. The molecule has 1 atom stereocenters. The largest absolute Gasteiger partial charge is 0.315 e. The molecule has 2 fully saturated rings. The quantitative estimate of drug-likeness (QED) is 0.782. The molecule has 1 N–H and O–H groups in total. The highest BCUT2D eigenvalue weighted by atomic mass is 32.2. The van der Waals surface area contributed by atoms with Crippen molar-refractivity contribution in [1.82, 2.24) is 9.62 Å². The van der Waals surface area contributed by atoms with Crippen LogP contribution in [-0.4, -0.2) is 63.6 Å². The van der Waals surface area contributed by atoms with Crippen LogP contribution in [0.3, 0.4) is 0 Å². The van der Waals surface area contributed by atoms with Crippen LogP contribution in [0.15, 0.2) is 0 Å². The lowest BCUT2D eigenvalue weighted by molar-refractivity contribution is 0.243. The second-order valence-corrected chi connectivity index (χ2v) is 10.4. The number of nitrogens with one attached hydrogen (secondary N) is 1. The first-order valence-electron chi connectivity index (χ1n) is 7.78. The van der Waals surface area contributed by atoms with Gasteiger partial charge in [-0.25, -0.2) is 16.8 Å². The van der Waals surface area contributed by atoms with E-state index in [4.69, 9.17) is 0 Å². The van der Waals surface area contributed by atoms with Crippen LogP contribution < -0.4 is 5.32 Å². The Kier molecular flexibility index (Phi) is 5.67. The minimum Gasteiger partial charge on any atom is -0.315 e. The molecule has 0 spiro atoms. The van der Waals surface area contributed by atoms with Gasteiger partial charge in [0.2, 0.25) is 10.0 Å². The molecule has 124 valence electrons. The van der Waals surface area contributed by atoms with Gasteiger partial charge in [-0.1, -0.05) is 13.3 Å². The molecule has 0 aliphatic carbocycles. The topological polar surface area (TPSA) is 83.6 Å². The van der Waals surface area contributed by atoms with Gasteiger partial charge in [-0.2, -0.15) is 4.31 Å². The Morgan fingerprint density at radius 1 is 1.14 bits per heavy atom. The third-order valence-corrected chi connectivity index (χ3v) is 8.62. The maximum atomic E-state index is 12.8. The predicted octanol–water partition coefficient (Wildman–Crippen LogP) is 0.357. The van der Waals surface area contributed by atoms with Gasteiger partial charge in [0.15, 0.2) is 0 Å². The summed E-state index contributed by atoms with van der Waals surface area (Å²) in [5.41, 5.74) is 0. The lowest BCUT2D eigenvalue weighted by Crippen LogP contribution is -2.52. The Morgan fingerprint density at radius 3 is 2.43 bits per heavy atom. The van der Waals surface area contributed by atoms with Crippen molar-refractivity contribution in [2.45, 2.75) is 50.3 Å².